The fourth-order valence-electron chi connectivity index (χ4n) is 6.64. The number of hydrogen-bond acceptors (Lipinski definition) is 6. The van der Waals surface area contributed by atoms with E-state index in [0.717, 1.165) is 51.4 Å². The largest absolute Gasteiger partial charge is 0.462 e. The third kappa shape index (κ3) is 45.8. The molecule has 0 spiro atoms. The second kappa shape index (κ2) is 47.5. The minimum Gasteiger partial charge on any atom is -0.462 e. The Morgan fingerprint density at radius 1 is 0.356 bits per heavy atom. The molecule has 0 fully saturated rings. The van der Waals surface area contributed by atoms with Gasteiger partial charge in [-0.25, -0.2) is 0 Å². The highest BCUT2D eigenvalue weighted by Gasteiger charge is 2.19. The number of ether oxygens (including phenoxy) is 3. The smallest absolute Gasteiger partial charge is 0.306 e. The van der Waals surface area contributed by atoms with Gasteiger partial charge in [0.2, 0.25) is 0 Å². The summed E-state index contributed by atoms with van der Waals surface area (Å²) >= 11 is 0. The zero-order valence-corrected chi connectivity index (χ0v) is 38.5. The normalized spacial score (nSPS) is 12.7. The number of carbonyl (C=O) groups excluding carboxylic acids is 3. The van der Waals surface area contributed by atoms with Crippen LogP contribution in [0.25, 0.3) is 0 Å². The van der Waals surface area contributed by atoms with Crippen LogP contribution < -0.4 is 0 Å². The van der Waals surface area contributed by atoms with Gasteiger partial charge in [-0.3, -0.25) is 14.4 Å². The van der Waals surface area contributed by atoms with Gasteiger partial charge in [0.1, 0.15) is 13.2 Å². The number of allylic oxidation sites excluding steroid dienone is 12. The SMILES string of the molecule is CC\C=C/C=C\C=C/C=C\C=C/CCCC(=O)OC(COC(=O)CCCCCCCCC/C=C\CCCCCC)COC(=O)CCCCCCCCCCCCCCC. The van der Waals surface area contributed by atoms with Gasteiger partial charge in [-0.15, -0.1) is 0 Å². The molecule has 0 amide bonds. The summed E-state index contributed by atoms with van der Waals surface area (Å²) < 4.78 is 16.7. The lowest BCUT2D eigenvalue weighted by Crippen LogP contribution is -2.30. The van der Waals surface area contributed by atoms with Crippen LogP contribution in [0.2, 0.25) is 0 Å². The van der Waals surface area contributed by atoms with Gasteiger partial charge in [0.25, 0.3) is 0 Å². The Bertz CT molecular complexity index is 1130. The molecule has 0 aromatic heterocycles. The van der Waals surface area contributed by atoms with Crippen molar-refractivity contribution in [2.75, 3.05) is 13.2 Å². The number of rotatable bonds is 43. The Morgan fingerprint density at radius 3 is 1.14 bits per heavy atom. The van der Waals surface area contributed by atoms with Crippen LogP contribution in [0.1, 0.15) is 226 Å². The standard InChI is InChI=1S/C53H90O6/c1-4-7-10-13-16-19-22-25-26-29-31-34-37-40-43-46-52(55)58-49-50(59-53(56)47-44-41-38-35-32-28-24-21-18-15-12-9-6-3)48-57-51(54)45-42-39-36-33-30-27-23-20-17-14-11-8-5-2/h9,12,15,18-19,21-22,24,28,32,35,38,50H,4-8,10-11,13-14,16-17,20,23,25-27,29-31,33-34,36-37,39-49H2,1-3H3/b12-9-,18-15-,22-19-,24-21-,32-28-,38-35-. The summed E-state index contributed by atoms with van der Waals surface area (Å²) in [7, 11) is 0. The maximum absolute atomic E-state index is 12.7. The molecule has 0 aromatic rings. The summed E-state index contributed by atoms with van der Waals surface area (Å²) in [6.45, 7) is 6.41. The molecule has 0 aromatic carbocycles. The lowest BCUT2D eigenvalue weighted by molar-refractivity contribution is -0.167. The molecule has 0 bridgehead atoms. The Morgan fingerprint density at radius 2 is 0.695 bits per heavy atom. The van der Waals surface area contributed by atoms with Gasteiger partial charge in [-0.2, -0.15) is 0 Å². The van der Waals surface area contributed by atoms with Crippen molar-refractivity contribution in [3.63, 3.8) is 0 Å². The molecule has 0 aliphatic heterocycles. The van der Waals surface area contributed by atoms with E-state index in [4.69, 9.17) is 14.2 Å². The van der Waals surface area contributed by atoms with Crippen molar-refractivity contribution < 1.29 is 28.6 Å². The molecule has 0 saturated carbocycles. The Hall–Kier alpha value is -3.15. The Balaban J connectivity index is 4.47. The molecule has 0 rings (SSSR count). The zero-order valence-electron chi connectivity index (χ0n) is 38.5. The van der Waals surface area contributed by atoms with E-state index in [1.807, 2.05) is 54.7 Å². The highest BCUT2D eigenvalue weighted by molar-refractivity contribution is 5.71. The molecule has 59 heavy (non-hydrogen) atoms. The molecule has 338 valence electrons. The Labute approximate surface area is 363 Å². The summed E-state index contributed by atoms with van der Waals surface area (Å²) in [6.07, 6.45) is 58.9. The minimum atomic E-state index is -0.810. The van der Waals surface area contributed by atoms with Crippen molar-refractivity contribution in [1.29, 1.82) is 0 Å². The molecule has 6 heteroatoms. The van der Waals surface area contributed by atoms with Crippen LogP contribution in [0.3, 0.4) is 0 Å². The third-order valence-corrected chi connectivity index (χ3v) is 10.3. The van der Waals surface area contributed by atoms with Crippen LogP contribution in [0.5, 0.6) is 0 Å². The summed E-state index contributed by atoms with van der Waals surface area (Å²) in [4.78, 5) is 37.8. The van der Waals surface area contributed by atoms with Crippen molar-refractivity contribution in [3.8, 4) is 0 Å². The quantitative estimate of drug-likeness (QED) is 0.0200. The third-order valence-electron chi connectivity index (χ3n) is 10.3. The molecule has 0 heterocycles. The monoisotopic (exact) mass is 823 g/mol. The minimum absolute atomic E-state index is 0.104. The first-order valence-electron chi connectivity index (χ1n) is 24.5. The highest BCUT2D eigenvalue weighted by Crippen LogP contribution is 2.15. The van der Waals surface area contributed by atoms with Crippen LogP contribution in [0, 0.1) is 0 Å². The number of unbranched alkanes of at least 4 members (excludes halogenated alkanes) is 24. The van der Waals surface area contributed by atoms with E-state index in [1.54, 1.807) is 0 Å². The van der Waals surface area contributed by atoms with E-state index < -0.39 is 6.10 Å². The van der Waals surface area contributed by atoms with Gasteiger partial charge in [0.05, 0.1) is 0 Å². The molecular formula is C53H90O6. The van der Waals surface area contributed by atoms with Gasteiger partial charge >= 0.3 is 17.9 Å². The summed E-state index contributed by atoms with van der Waals surface area (Å²) in [5.41, 5.74) is 0. The summed E-state index contributed by atoms with van der Waals surface area (Å²) in [5, 5.41) is 0. The Kier molecular flexibility index (Phi) is 45.0. The fraction of sp³-hybridized carbons (Fsp3) is 0.717. The van der Waals surface area contributed by atoms with Crippen molar-refractivity contribution in [1.82, 2.24) is 0 Å². The maximum atomic E-state index is 12.7. The molecule has 0 aliphatic carbocycles. The number of carbonyl (C=O) groups is 3. The molecule has 6 nitrogen and oxygen atoms in total. The number of esters is 3. The van der Waals surface area contributed by atoms with Crippen LogP contribution >= 0.6 is 0 Å². The zero-order chi connectivity index (χ0) is 43.0. The first-order chi connectivity index (χ1) is 29.0. The van der Waals surface area contributed by atoms with Crippen molar-refractivity contribution in [3.05, 3.63) is 72.9 Å². The molecule has 1 atom stereocenters. The number of hydrogen-bond donors (Lipinski definition) is 0. The van der Waals surface area contributed by atoms with Crippen molar-refractivity contribution >= 4 is 17.9 Å². The predicted molar refractivity (Wildman–Crippen MR) is 251 cm³/mol. The van der Waals surface area contributed by atoms with Crippen LogP contribution in [0.4, 0.5) is 0 Å². The topological polar surface area (TPSA) is 78.9 Å². The fourth-order valence-corrected chi connectivity index (χ4v) is 6.64. The van der Waals surface area contributed by atoms with E-state index in [0.29, 0.717) is 19.3 Å². The lowest BCUT2D eigenvalue weighted by atomic mass is 10.0. The first-order valence-corrected chi connectivity index (χ1v) is 24.5. The van der Waals surface area contributed by atoms with E-state index in [9.17, 15) is 14.4 Å². The summed E-state index contributed by atoms with van der Waals surface area (Å²) in [6, 6.07) is 0. The lowest BCUT2D eigenvalue weighted by Gasteiger charge is -2.18. The molecule has 0 N–H and O–H groups in total. The second-order valence-electron chi connectivity index (χ2n) is 16.1. The first kappa shape index (κ1) is 55.9. The van der Waals surface area contributed by atoms with E-state index in [2.05, 4.69) is 39.0 Å². The second-order valence-corrected chi connectivity index (χ2v) is 16.1. The average molecular weight is 823 g/mol. The van der Waals surface area contributed by atoms with E-state index >= 15 is 0 Å². The van der Waals surface area contributed by atoms with E-state index in [-0.39, 0.29) is 37.5 Å². The molecule has 1 unspecified atom stereocenters. The molecular weight excluding hydrogens is 733 g/mol. The molecule has 0 radical (unpaired) electrons. The maximum Gasteiger partial charge on any atom is 0.306 e. The van der Waals surface area contributed by atoms with Crippen LogP contribution in [0.15, 0.2) is 72.9 Å². The summed E-state index contributed by atoms with van der Waals surface area (Å²) in [5.74, 6) is -0.983. The predicted octanol–water partition coefficient (Wildman–Crippen LogP) is 15.9. The van der Waals surface area contributed by atoms with Crippen molar-refractivity contribution in [2.24, 2.45) is 0 Å². The van der Waals surface area contributed by atoms with Gasteiger partial charge in [-0.05, 0) is 57.8 Å². The average Bonchev–Trinajstić information content (AvgIpc) is 3.23. The van der Waals surface area contributed by atoms with E-state index in [1.165, 1.54) is 128 Å². The highest BCUT2D eigenvalue weighted by atomic mass is 16.6. The van der Waals surface area contributed by atoms with Crippen LogP contribution in [-0.2, 0) is 28.6 Å². The van der Waals surface area contributed by atoms with Gasteiger partial charge in [0.15, 0.2) is 6.10 Å². The molecule has 0 saturated heterocycles. The van der Waals surface area contributed by atoms with Crippen molar-refractivity contribution in [2.45, 2.75) is 232 Å². The van der Waals surface area contributed by atoms with Gasteiger partial charge in [0, 0.05) is 19.3 Å². The van der Waals surface area contributed by atoms with Gasteiger partial charge in [-0.1, -0.05) is 222 Å². The van der Waals surface area contributed by atoms with Gasteiger partial charge < -0.3 is 14.2 Å². The van der Waals surface area contributed by atoms with Crippen LogP contribution in [-0.4, -0.2) is 37.2 Å². The molecule has 0 aliphatic rings.